The topological polar surface area (TPSA) is 73.9 Å². The van der Waals surface area contributed by atoms with Gasteiger partial charge in [-0.3, -0.25) is 4.79 Å². The van der Waals surface area contributed by atoms with E-state index in [1.54, 1.807) is 0 Å². The van der Waals surface area contributed by atoms with Crippen LogP contribution in [0.4, 0.5) is 14.5 Å². The number of fused-ring (bicyclic) bond motifs is 1. The summed E-state index contributed by atoms with van der Waals surface area (Å²) < 4.78 is 42.2. The van der Waals surface area contributed by atoms with E-state index >= 15 is 0 Å². The van der Waals surface area contributed by atoms with E-state index in [1.807, 2.05) is 0 Å². The molecule has 3 rings (SSSR count). The first-order valence-electron chi connectivity index (χ1n) is 6.88. The number of nitrogens with one attached hydrogen (secondary N) is 1. The van der Waals surface area contributed by atoms with Crippen LogP contribution in [-0.4, -0.2) is 25.8 Å². The van der Waals surface area contributed by atoms with Gasteiger partial charge in [0.25, 0.3) is 5.91 Å². The van der Waals surface area contributed by atoms with Crippen molar-refractivity contribution in [1.29, 1.82) is 0 Å². The zero-order chi connectivity index (χ0) is 18.1. The zero-order valence-corrected chi connectivity index (χ0v) is 13.4. The molecule has 6 nitrogen and oxygen atoms in total. The highest BCUT2D eigenvalue weighted by atomic mass is 35.5. The molecule has 1 aliphatic heterocycles. The Morgan fingerprint density at radius 3 is 2.64 bits per heavy atom. The summed E-state index contributed by atoms with van der Waals surface area (Å²) in [5.74, 6) is -3.31. The summed E-state index contributed by atoms with van der Waals surface area (Å²) in [6.07, 6.45) is 0. The van der Waals surface area contributed by atoms with Gasteiger partial charge in [0.05, 0.1) is 23.4 Å². The van der Waals surface area contributed by atoms with Gasteiger partial charge in [-0.1, -0.05) is 11.6 Å². The molecular weight excluding hydrogens is 360 g/mol. The molecule has 0 atom stereocenters. The van der Waals surface area contributed by atoms with E-state index in [2.05, 4.69) is 10.1 Å². The third-order valence-electron chi connectivity index (χ3n) is 3.40. The Morgan fingerprint density at radius 1 is 1.16 bits per heavy atom. The number of anilines is 1. The first-order chi connectivity index (χ1) is 11.9. The maximum Gasteiger partial charge on any atom is 0.340 e. The molecule has 130 valence electrons. The molecule has 1 aliphatic rings. The van der Waals surface area contributed by atoms with Crippen molar-refractivity contribution < 1.29 is 32.6 Å². The standard InChI is InChI=1S/C16H10ClF2NO5/c1-23-16(22)8-4-12(11(19)5-10(8)18)20-15(21)7-2-9(17)14-13(3-7)24-6-25-14/h2-5H,6H2,1H3,(H,20,21). The highest BCUT2D eigenvalue weighted by molar-refractivity contribution is 6.32. The number of carbonyl (C=O) groups is 2. The van der Waals surface area contributed by atoms with Crippen molar-refractivity contribution in [2.24, 2.45) is 0 Å². The zero-order valence-electron chi connectivity index (χ0n) is 12.7. The molecule has 0 unspecified atom stereocenters. The summed E-state index contributed by atoms with van der Waals surface area (Å²) in [6, 6.07) is 4.01. The minimum atomic E-state index is -1.10. The van der Waals surface area contributed by atoms with Crippen molar-refractivity contribution in [3.05, 3.63) is 52.0 Å². The molecule has 0 spiro atoms. The van der Waals surface area contributed by atoms with Crippen LogP contribution in [0, 0.1) is 11.6 Å². The second-order valence-electron chi connectivity index (χ2n) is 4.95. The van der Waals surface area contributed by atoms with Gasteiger partial charge in [-0.2, -0.15) is 0 Å². The van der Waals surface area contributed by atoms with Gasteiger partial charge >= 0.3 is 5.97 Å². The molecule has 0 radical (unpaired) electrons. The van der Waals surface area contributed by atoms with Crippen molar-refractivity contribution in [2.45, 2.75) is 0 Å². The quantitative estimate of drug-likeness (QED) is 0.839. The summed E-state index contributed by atoms with van der Waals surface area (Å²) >= 11 is 5.99. The summed E-state index contributed by atoms with van der Waals surface area (Å²) in [5, 5.41) is 2.40. The maximum atomic E-state index is 13.9. The van der Waals surface area contributed by atoms with E-state index in [0.717, 1.165) is 13.2 Å². The second-order valence-corrected chi connectivity index (χ2v) is 5.36. The van der Waals surface area contributed by atoms with Crippen LogP contribution in [0.1, 0.15) is 20.7 Å². The molecule has 0 fully saturated rings. The second kappa shape index (κ2) is 6.56. The van der Waals surface area contributed by atoms with Crippen molar-refractivity contribution >= 4 is 29.2 Å². The Morgan fingerprint density at radius 2 is 1.92 bits per heavy atom. The van der Waals surface area contributed by atoms with Crippen LogP contribution in [-0.2, 0) is 4.74 Å². The van der Waals surface area contributed by atoms with Crippen LogP contribution >= 0.6 is 11.6 Å². The van der Waals surface area contributed by atoms with Gasteiger partial charge < -0.3 is 19.5 Å². The predicted molar refractivity (Wildman–Crippen MR) is 83.2 cm³/mol. The van der Waals surface area contributed by atoms with Gasteiger partial charge in [0, 0.05) is 11.6 Å². The summed E-state index contributed by atoms with van der Waals surface area (Å²) in [5.41, 5.74) is -0.832. The highest BCUT2D eigenvalue weighted by Gasteiger charge is 2.22. The molecule has 2 aromatic carbocycles. The normalized spacial score (nSPS) is 12.0. The highest BCUT2D eigenvalue weighted by Crippen LogP contribution is 2.40. The monoisotopic (exact) mass is 369 g/mol. The van der Waals surface area contributed by atoms with Crippen molar-refractivity contribution in [1.82, 2.24) is 0 Å². The summed E-state index contributed by atoms with van der Waals surface area (Å²) in [6.45, 7) is -0.0325. The number of ether oxygens (including phenoxy) is 3. The number of methoxy groups -OCH3 is 1. The fraction of sp³-hybridized carbons (Fsp3) is 0.125. The largest absolute Gasteiger partial charge is 0.465 e. The number of hydrogen-bond acceptors (Lipinski definition) is 5. The number of rotatable bonds is 3. The van der Waals surface area contributed by atoms with Crippen LogP contribution in [0.3, 0.4) is 0 Å². The van der Waals surface area contributed by atoms with Gasteiger partial charge in [0.15, 0.2) is 11.5 Å². The van der Waals surface area contributed by atoms with Crippen LogP contribution in [0.5, 0.6) is 11.5 Å². The molecule has 0 aromatic heterocycles. The number of carbonyl (C=O) groups excluding carboxylic acids is 2. The molecular formula is C16H10ClF2NO5. The number of esters is 1. The Labute approximate surface area is 145 Å². The molecule has 9 heteroatoms. The van der Waals surface area contributed by atoms with Crippen molar-refractivity contribution in [3.63, 3.8) is 0 Å². The van der Waals surface area contributed by atoms with Crippen LogP contribution in [0.2, 0.25) is 5.02 Å². The minimum Gasteiger partial charge on any atom is -0.465 e. The Hall–Kier alpha value is -2.87. The Kier molecular flexibility index (Phi) is 4.45. The molecule has 2 aromatic rings. The van der Waals surface area contributed by atoms with E-state index in [-0.39, 0.29) is 28.8 Å². The molecule has 0 saturated heterocycles. The van der Waals surface area contributed by atoms with Crippen LogP contribution < -0.4 is 14.8 Å². The van der Waals surface area contributed by atoms with E-state index in [9.17, 15) is 18.4 Å². The lowest BCUT2D eigenvalue weighted by Crippen LogP contribution is -2.15. The Balaban J connectivity index is 1.91. The predicted octanol–water partition coefficient (Wildman–Crippen LogP) is 3.39. The van der Waals surface area contributed by atoms with E-state index in [4.69, 9.17) is 21.1 Å². The molecule has 1 heterocycles. The van der Waals surface area contributed by atoms with Gasteiger partial charge in [-0.05, 0) is 18.2 Å². The first kappa shape index (κ1) is 17.0. The molecule has 1 N–H and O–H groups in total. The lowest BCUT2D eigenvalue weighted by Gasteiger charge is -2.10. The van der Waals surface area contributed by atoms with E-state index in [1.165, 1.54) is 12.1 Å². The fourth-order valence-corrected chi connectivity index (χ4v) is 2.47. The van der Waals surface area contributed by atoms with Crippen molar-refractivity contribution in [2.75, 3.05) is 19.2 Å². The average molecular weight is 370 g/mol. The third kappa shape index (κ3) is 3.20. The van der Waals surface area contributed by atoms with E-state index in [0.29, 0.717) is 11.8 Å². The summed E-state index contributed by atoms with van der Waals surface area (Å²) in [4.78, 5) is 23.8. The lowest BCUT2D eigenvalue weighted by molar-refractivity contribution is 0.0595. The molecule has 0 bridgehead atoms. The number of halogens is 3. The lowest BCUT2D eigenvalue weighted by atomic mass is 10.1. The first-order valence-corrected chi connectivity index (χ1v) is 7.26. The van der Waals surface area contributed by atoms with Crippen LogP contribution in [0.25, 0.3) is 0 Å². The van der Waals surface area contributed by atoms with Gasteiger partial charge in [0.1, 0.15) is 11.6 Å². The number of amides is 1. The molecule has 1 amide bonds. The number of hydrogen-bond donors (Lipinski definition) is 1. The third-order valence-corrected chi connectivity index (χ3v) is 3.68. The van der Waals surface area contributed by atoms with Gasteiger partial charge in [-0.15, -0.1) is 0 Å². The fourth-order valence-electron chi connectivity index (χ4n) is 2.20. The molecule has 25 heavy (non-hydrogen) atoms. The van der Waals surface area contributed by atoms with Gasteiger partial charge in [0.2, 0.25) is 6.79 Å². The van der Waals surface area contributed by atoms with Gasteiger partial charge in [-0.25, -0.2) is 13.6 Å². The minimum absolute atomic E-state index is 0.0325. The van der Waals surface area contributed by atoms with Crippen LogP contribution in [0.15, 0.2) is 24.3 Å². The SMILES string of the molecule is COC(=O)c1cc(NC(=O)c2cc(Cl)c3c(c2)OCO3)c(F)cc1F. The van der Waals surface area contributed by atoms with Crippen molar-refractivity contribution in [3.8, 4) is 11.5 Å². The smallest absolute Gasteiger partial charge is 0.340 e. The summed E-state index contributed by atoms with van der Waals surface area (Å²) in [7, 11) is 1.05. The number of benzene rings is 2. The Bertz CT molecular complexity index is 887. The maximum absolute atomic E-state index is 13.9. The van der Waals surface area contributed by atoms with E-state index < -0.39 is 29.1 Å². The molecule has 0 aliphatic carbocycles. The average Bonchev–Trinajstić information content (AvgIpc) is 3.05. The molecule has 0 saturated carbocycles.